The first-order chi connectivity index (χ1) is 9.31. The van der Waals surface area contributed by atoms with E-state index in [4.69, 9.17) is 4.74 Å². The van der Waals surface area contributed by atoms with Crippen LogP contribution in [0.1, 0.15) is 40.0 Å². The molecule has 3 N–H and O–H groups in total. The molecule has 0 heterocycles. The highest BCUT2D eigenvalue weighted by Gasteiger charge is 2.61. The number of carbonyl (C=O) groups is 1. The number of urea groups is 1. The van der Waals surface area contributed by atoms with Crippen LogP contribution in [0.4, 0.5) is 4.79 Å². The van der Waals surface area contributed by atoms with Crippen molar-refractivity contribution >= 4 is 6.03 Å². The largest absolute Gasteiger partial charge is 0.389 e. The fourth-order valence-corrected chi connectivity index (χ4v) is 4.09. The third-order valence-electron chi connectivity index (χ3n) is 5.96. The van der Waals surface area contributed by atoms with Gasteiger partial charge in [0.05, 0.1) is 12.7 Å². The summed E-state index contributed by atoms with van der Waals surface area (Å²) in [5.41, 5.74) is 0.473. The molecule has 5 heteroatoms. The Kier molecular flexibility index (Phi) is 4.30. The molecule has 2 rings (SSSR count). The number of aliphatic hydroxyl groups excluding tert-OH is 1. The van der Waals surface area contributed by atoms with Gasteiger partial charge in [-0.2, -0.15) is 0 Å². The molecule has 2 fully saturated rings. The summed E-state index contributed by atoms with van der Waals surface area (Å²) in [6, 6.07) is 0.0468. The highest BCUT2D eigenvalue weighted by Crippen LogP contribution is 2.65. The van der Waals surface area contributed by atoms with Crippen LogP contribution in [0.5, 0.6) is 0 Å². The van der Waals surface area contributed by atoms with Crippen LogP contribution in [0.15, 0.2) is 0 Å². The number of nitrogens with one attached hydrogen (secondary N) is 2. The van der Waals surface area contributed by atoms with Crippen molar-refractivity contribution in [1.29, 1.82) is 0 Å². The molecule has 4 atom stereocenters. The SMILES string of the molecule is COCC(O)CNC(=O)NC1CC2CCC1(C)C2(C)C. The number of aliphatic hydroxyl groups is 1. The Morgan fingerprint density at radius 1 is 1.45 bits per heavy atom. The summed E-state index contributed by atoms with van der Waals surface area (Å²) in [6.45, 7) is 7.40. The van der Waals surface area contributed by atoms with Crippen molar-refractivity contribution in [3.05, 3.63) is 0 Å². The van der Waals surface area contributed by atoms with E-state index >= 15 is 0 Å². The zero-order valence-electron chi connectivity index (χ0n) is 13.0. The van der Waals surface area contributed by atoms with E-state index < -0.39 is 6.10 Å². The van der Waals surface area contributed by atoms with E-state index in [9.17, 15) is 9.90 Å². The fraction of sp³-hybridized carbons (Fsp3) is 0.933. The molecule has 0 spiro atoms. The second kappa shape index (κ2) is 5.53. The molecule has 0 aromatic rings. The van der Waals surface area contributed by atoms with E-state index in [1.54, 1.807) is 0 Å². The number of methoxy groups -OCH3 is 1. The van der Waals surface area contributed by atoms with Gasteiger partial charge in [0.2, 0.25) is 0 Å². The molecular formula is C15H28N2O3. The molecule has 2 aliphatic carbocycles. The van der Waals surface area contributed by atoms with Gasteiger partial charge in [0, 0.05) is 19.7 Å². The van der Waals surface area contributed by atoms with Crippen molar-refractivity contribution in [3.63, 3.8) is 0 Å². The van der Waals surface area contributed by atoms with Crippen LogP contribution in [0.2, 0.25) is 0 Å². The first-order valence-corrected chi connectivity index (χ1v) is 7.52. The van der Waals surface area contributed by atoms with Gasteiger partial charge >= 0.3 is 6.03 Å². The van der Waals surface area contributed by atoms with Crippen molar-refractivity contribution in [2.24, 2.45) is 16.7 Å². The minimum absolute atomic E-state index is 0.181. The van der Waals surface area contributed by atoms with Gasteiger partial charge in [0.15, 0.2) is 0 Å². The monoisotopic (exact) mass is 284 g/mol. The lowest BCUT2D eigenvalue weighted by molar-refractivity contribution is 0.0654. The average Bonchev–Trinajstić information content (AvgIpc) is 2.70. The maximum Gasteiger partial charge on any atom is 0.315 e. The van der Waals surface area contributed by atoms with E-state index in [-0.39, 0.29) is 30.6 Å². The van der Waals surface area contributed by atoms with Crippen molar-refractivity contribution in [1.82, 2.24) is 10.6 Å². The van der Waals surface area contributed by atoms with E-state index in [2.05, 4.69) is 31.4 Å². The summed E-state index contributed by atoms with van der Waals surface area (Å²) in [7, 11) is 1.53. The van der Waals surface area contributed by atoms with Gasteiger partial charge in [-0.3, -0.25) is 0 Å². The lowest BCUT2D eigenvalue weighted by Gasteiger charge is -2.39. The normalized spacial score (nSPS) is 35.9. The molecule has 0 saturated heterocycles. The minimum atomic E-state index is -0.655. The lowest BCUT2D eigenvalue weighted by Crippen LogP contribution is -2.51. The Bertz CT molecular complexity index is 372. The van der Waals surface area contributed by atoms with Crippen LogP contribution in [-0.4, -0.2) is 43.5 Å². The molecule has 5 nitrogen and oxygen atoms in total. The molecule has 0 aliphatic heterocycles. The third-order valence-corrected chi connectivity index (χ3v) is 5.96. The standard InChI is InChI=1S/C15H28N2O3/c1-14(2)10-5-6-15(14,3)12(7-10)17-13(19)16-8-11(18)9-20-4/h10-12,18H,5-9H2,1-4H3,(H2,16,17,19). The first kappa shape index (κ1) is 15.6. The first-order valence-electron chi connectivity index (χ1n) is 7.52. The Labute approximate surface area is 121 Å². The number of amides is 2. The van der Waals surface area contributed by atoms with Crippen LogP contribution in [0, 0.1) is 16.7 Å². The van der Waals surface area contributed by atoms with Crippen LogP contribution >= 0.6 is 0 Å². The second-order valence-corrected chi connectivity index (χ2v) is 7.13. The maximum atomic E-state index is 12.0. The van der Waals surface area contributed by atoms with Crippen LogP contribution in [0.3, 0.4) is 0 Å². The van der Waals surface area contributed by atoms with Crippen molar-refractivity contribution in [3.8, 4) is 0 Å². The second-order valence-electron chi connectivity index (χ2n) is 7.13. The Morgan fingerprint density at radius 3 is 2.65 bits per heavy atom. The highest BCUT2D eigenvalue weighted by molar-refractivity contribution is 5.74. The van der Waals surface area contributed by atoms with Gasteiger partial charge in [-0.15, -0.1) is 0 Å². The van der Waals surface area contributed by atoms with E-state index in [1.807, 2.05) is 0 Å². The summed E-state index contributed by atoms with van der Waals surface area (Å²) >= 11 is 0. The minimum Gasteiger partial charge on any atom is -0.389 e. The van der Waals surface area contributed by atoms with E-state index in [0.29, 0.717) is 11.3 Å². The Balaban J connectivity index is 1.84. The van der Waals surface area contributed by atoms with Gasteiger partial charge < -0.3 is 20.5 Å². The molecule has 2 bridgehead atoms. The summed E-state index contributed by atoms with van der Waals surface area (Å²) in [4.78, 5) is 12.0. The molecule has 0 aromatic carbocycles. The number of fused-ring (bicyclic) bond motifs is 2. The summed E-state index contributed by atoms with van der Waals surface area (Å²) in [5.74, 6) is 0.705. The summed E-state index contributed by atoms with van der Waals surface area (Å²) < 4.78 is 4.83. The van der Waals surface area contributed by atoms with E-state index in [0.717, 1.165) is 6.42 Å². The third kappa shape index (κ3) is 2.53. The Morgan fingerprint density at radius 2 is 2.15 bits per heavy atom. The van der Waals surface area contributed by atoms with Crippen LogP contribution < -0.4 is 10.6 Å². The molecule has 2 amide bonds. The van der Waals surface area contributed by atoms with Crippen LogP contribution in [-0.2, 0) is 4.74 Å². The number of rotatable bonds is 5. The number of hydrogen-bond acceptors (Lipinski definition) is 3. The van der Waals surface area contributed by atoms with Crippen molar-refractivity contribution in [2.45, 2.75) is 52.2 Å². The zero-order valence-corrected chi connectivity index (χ0v) is 13.0. The quantitative estimate of drug-likeness (QED) is 0.716. The smallest absolute Gasteiger partial charge is 0.315 e. The summed E-state index contributed by atoms with van der Waals surface area (Å²) in [5, 5.41) is 15.4. The molecule has 4 unspecified atom stereocenters. The molecule has 20 heavy (non-hydrogen) atoms. The molecule has 2 saturated carbocycles. The van der Waals surface area contributed by atoms with Gasteiger partial charge in [0.25, 0.3) is 0 Å². The Hall–Kier alpha value is -0.810. The zero-order chi connectivity index (χ0) is 15.0. The van der Waals surface area contributed by atoms with Crippen LogP contribution in [0.25, 0.3) is 0 Å². The summed E-state index contributed by atoms with van der Waals surface area (Å²) in [6.07, 6.45) is 2.87. The molecule has 0 aromatic heterocycles. The highest BCUT2D eigenvalue weighted by atomic mass is 16.5. The average molecular weight is 284 g/mol. The number of ether oxygens (including phenoxy) is 1. The van der Waals surface area contributed by atoms with Gasteiger partial charge in [-0.05, 0) is 36.0 Å². The predicted octanol–water partition coefficient (Wildman–Crippen LogP) is 1.51. The van der Waals surface area contributed by atoms with Gasteiger partial charge in [-0.1, -0.05) is 20.8 Å². The van der Waals surface area contributed by atoms with Crippen molar-refractivity contribution < 1.29 is 14.6 Å². The van der Waals surface area contributed by atoms with E-state index in [1.165, 1.54) is 20.0 Å². The van der Waals surface area contributed by atoms with Gasteiger partial charge in [0.1, 0.15) is 0 Å². The lowest BCUT2D eigenvalue weighted by atomic mass is 9.69. The fourth-order valence-electron chi connectivity index (χ4n) is 4.09. The number of hydrogen-bond donors (Lipinski definition) is 3. The van der Waals surface area contributed by atoms with Gasteiger partial charge in [-0.25, -0.2) is 4.79 Å². The molecular weight excluding hydrogens is 256 g/mol. The molecule has 0 radical (unpaired) electrons. The molecule has 116 valence electrons. The maximum absolute atomic E-state index is 12.0. The predicted molar refractivity (Wildman–Crippen MR) is 77.4 cm³/mol. The molecule has 2 aliphatic rings. The number of carbonyl (C=O) groups excluding carboxylic acids is 1. The topological polar surface area (TPSA) is 70.6 Å². The van der Waals surface area contributed by atoms with Crippen molar-refractivity contribution in [2.75, 3.05) is 20.3 Å².